The Morgan fingerprint density at radius 1 is 1.52 bits per heavy atom. The zero-order valence-electron chi connectivity index (χ0n) is 10.5. The second-order valence-corrected chi connectivity index (χ2v) is 4.99. The number of aliphatic carboxylic acids is 1. The number of halogens is 4. The van der Waals surface area contributed by atoms with Crippen LogP contribution in [0.5, 0.6) is 5.75 Å². The van der Waals surface area contributed by atoms with Crippen molar-refractivity contribution in [3.8, 4) is 5.75 Å². The largest absolute Gasteiger partial charge is 0.485 e. The van der Waals surface area contributed by atoms with Crippen LogP contribution in [-0.2, 0) is 4.79 Å². The summed E-state index contributed by atoms with van der Waals surface area (Å²) in [6.07, 6.45) is -5.01. The van der Waals surface area contributed by atoms with Crippen molar-refractivity contribution in [2.75, 3.05) is 6.61 Å². The smallest absolute Gasteiger partial charge is 0.405 e. The number of nitro benzene ring substituents is 1. The van der Waals surface area contributed by atoms with Gasteiger partial charge in [0.15, 0.2) is 11.7 Å². The molecule has 0 saturated carbocycles. The predicted octanol–water partition coefficient (Wildman–Crippen LogP) is 3.31. The van der Waals surface area contributed by atoms with Gasteiger partial charge in [0.1, 0.15) is 6.61 Å². The highest BCUT2D eigenvalue weighted by atomic mass is 79.9. The minimum atomic E-state index is -5.01. The number of hydrogen-bond acceptors (Lipinski definition) is 4. The molecule has 0 aliphatic rings. The quantitative estimate of drug-likeness (QED) is 0.633. The molecule has 0 fully saturated rings. The molecule has 21 heavy (non-hydrogen) atoms. The zero-order valence-corrected chi connectivity index (χ0v) is 12.1. The van der Waals surface area contributed by atoms with E-state index in [-0.39, 0.29) is 5.56 Å². The van der Waals surface area contributed by atoms with Gasteiger partial charge in [-0.1, -0.05) is 15.9 Å². The van der Waals surface area contributed by atoms with E-state index in [9.17, 15) is 28.1 Å². The molecule has 116 valence electrons. The molecule has 1 N–H and O–H groups in total. The fourth-order valence-electron chi connectivity index (χ4n) is 1.51. The first-order valence-corrected chi connectivity index (χ1v) is 6.20. The van der Waals surface area contributed by atoms with Crippen molar-refractivity contribution in [1.82, 2.24) is 0 Å². The van der Waals surface area contributed by atoms with Crippen LogP contribution in [0.2, 0.25) is 0 Å². The van der Waals surface area contributed by atoms with Gasteiger partial charge >= 0.3 is 17.8 Å². The van der Waals surface area contributed by atoms with Crippen molar-refractivity contribution in [3.05, 3.63) is 32.3 Å². The van der Waals surface area contributed by atoms with E-state index < -0.39 is 41.0 Å². The summed E-state index contributed by atoms with van der Waals surface area (Å²) in [5, 5.41) is 19.4. The van der Waals surface area contributed by atoms with Gasteiger partial charge in [-0.05, 0) is 18.6 Å². The maximum atomic E-state index is 12.5. The summed E-state index contributed by atoms with van der Waals surface area (Å²) in [7, 11) is 0. The van der Waals surface area contributed by atoms with Gasteiger partial charge in [0, 0.05) is 10.5 Å². The van der Waals surface area contributed by atoms with Gasteiger partial charge in [-0.2, -0.15) is 13.2 Å². The van der Waals surface area contributed by atoms with Crippen LogP contribution < -0.4 is 4.74 Å². The number of hydrogen-bond donors (Lipinski definition) is 1. The van der Waals surface area contributed by atoms with E-state index in [2.05, 4.69) is 15.9 Å². The molecule has 0 amide bonds. The van der Waals surface area contributed by atoms with E-state index in [4.69, 9.17) is 9.84 Å². The predicted molar refractivity (Wildman–Crippen MR) is 68.2 cm³/mol. The van der Waals surface area contributed by atoms with Crippen LogP contribution in [0.25, 0.3) is 0 Å². The molecule has 6 nitrogen and oxygen atoms in total. The lowest BCUT2D eigenvalue weighted by Gasteiger charge is -2.17. The Hall–Kier alpha value is -1.84. The zero-order chi connectivity index (χ0) is 16.4. The highest BCUT2D eigenvalue weighted by molar-refractivity contribution is 9.10. The SMILES string of the molecule is Cc1cc(Br)cc([N+](=O)[O-])c1OCC(C(=O)O)C(F)(F)F. The van der Waals surface area contributed by atoms with Crippen molar-refractivity contribution in [2.24, 2.45) is 5.92 Å². The van der Waals surface area contributed by atoms with Crippen LogP contribution in [0.1, 0.15) is 5.56 Å². The average Bonchev–Trinajstić information content (AvgIpc) is 2.28. The first-order valence-electron chi connectivity index (χ1n) is 5.41. The fourth-order valence-corrected chi connectivity index (χ4v) is 2.07. The molecule has 0 aliphatic carbocycles. The number of aryl methyl sites for hydroxylation is 1. The Bertz CT molecular complexity index is 576. The molecule has 1 rings (SSSR count). The Balaban J connectivity index is 3.08. The van der Waals surface area contributed by atoms with Crippen molar-refractivity contribution >= 4 is 27.6 Å². The van der Waals surface area contributed by atoms with Gasteiger partial charge in [0.05, 0.1) is 4.92 Å². The number of carboxylic acids is 1. The summed E-state index contributed by atoms with van der Waals surface area (Å²) in [6, 6.07) is 2.47. The second kappa shape index (κ2) is 6.29. The van der Waals surface area contributed by atoms with Crippen molar-refractivity contribution in [3.63, 3.8) is 0 Å². The first kappa shape index (κ1) is 17.2. The van der Waals surface area contributed by atoms with E-state index in [0.29, 0.717) is 4.47 Å². The number of rotatable bonds is 5. The topological polar surface area (TPSA) is 89.7 Å². The van der Waals surface area contributed by atoms with Crippen molar-refractivity contribution in [1.29, 1.82) is 0 Å². The van der Waals surface area contributed by atoms with Gasteiger partial charge < -0.3 is 9.84 Å². The van der Waals surface area contributed by atoms with Gasteiger partial charge in [-0.15, -0.1) is 0 Å². The van der Waals surface area contributed by atoms with Crippen LogP contribution in [0.3, 0.4) is 0 Å². The highest BCUT2D eigenvalue weighted by Crippen LogP contribution is 2.35. The van der Waals surface area contributed by atoms with Gasteiger partial charge in [0.25, 0.3) is 0 Å². The van der Waals surface area contributed by atoms with E-state index in [1.807, 2.05) is 0 Å². The Morgan fingerprint density at radius 3 is 2.52 bits per heavy atom. The van der Waals surface area contributed by atoms with Crippen LogP contribution in [0, 0.1) is 23.0 Å². The number of carbonyl (C=O) groups is 1. The molecule has 0 bridgehead atoms. The molecule has 0 heterocycles. The molecule has 10 heteroatoms. The molecule has 1 atom stereocenters. The number of nitro groups is 1. The standard InChI is InChI=1S/C11H9BrF3NO5/c1-5-2-6(12)3-8(16(19)20)9(5)21-4-7(10(17)18)11(13,14)15/h2-3,7H,4H2,1H3,(H,17,18). The molecule has 0 radical (unpaired) electrons. The summed E-state index contributed by atoms with van der Waals surface area (Å²) < 4.78 is 42.6. The molecular formula is C11H9BrF3NO5. The Labute approximate surface area is 124 Å². The Morgan fingerprint density at radius 2 is 2.10 bits per heavy atom. The molecule has 0 aliphatic heterocycles. The van der Waals surface area contributed by atoms with E-state index in [1.54, 1.807) is 0 Å². The van der Waals surface area contributed by atoms with Gasteiger partial charge in [0.2, 0.25) is 0 Å². The maximum absolute atomic E-state index is 12.5. The van der Waals surface area contributed by atoms with Crippen LogP contribution in [-0.4, -0.2) is 28.8 Å². The monoisotopic (exact) mass is 371 g/mol. The normalized spacial score (nSPS) is 12.8. The van der Waals surface area contributed by atoms with Gasteiger partial charge in [-0.3, -0.25) is 14.9 Å². The van der Waals surface area contributed by atoms with Crippen molar-refractivity contribution < 1.29 is 32.7 Å². The molecule has 0 saturated heterocycles. The highest BCUT2D eigenvalue weighted by Gasteiger charge is 2.46. The maximum Gasteiger partial charge on any atom is 0.405 e. The molecule has 0 spiro atoms. The summed E-state index contributed by atoms with van der Waals surface area (Å²) in [5.41, 5.74) is -0.337. The first-order chi connectivity index (χ1) is 9.54. The Kier molecular flexibility index (Phi) is 5.15. The molecule has 1 aromatic rings. The number of alkyl halides is 3. The average molecular weight is 372 g/mol. The van der Waals surface area contributed by atoms with Gasteiger partial charge in [-0.25, -0.2) is 0 Å². The summed E-state index contributed by atoms with van der Waals surface area (Å²) in [5.74, 6) is -5.27. The van der Waals surface area contributed by atoms with Crippen LogP contribution in [0.4, 0.5) is 18.9 Å². The molecule has 1 aromatic carbocycles. The van der Waals surface area contributed by atoms with Crippen molar-refractivity contribution in [2.45, 2.75) is 13.1 Å². The second-order valence-electron chi connectivity index (χ2n) is 4.07. The number of nitrogens with zero attached hydrogens (tertiary/aromatic N) is 1. The summed E-state index contributed by atoms with van der Waals surface area (Å²) >= 11 is 3.02. The molecule has 1 unspecified atom stereocenters. The number of benzene rings is 1. The molecular weight excluding hydrogens is 363 g/mol. The minimum absolute atomic E-state index is 0.211. The third kappa shape index (κ3) is 4.31. The lowest BCUT2D eigenvalue weighted by molar-refractivity contribution is -0.386. The van der Waals surface area contributed by atoms with E-state index in [0.717, 1.165) is 6.07 Å². The van der Waals surface area contributed by atoms with Crippen LogP contribution >= 0.6 is 15.9 Å². The number of ether oxygens (including phenoxy) is 1. The minimum Gasteiger partial charge on any atom is -0.485 e. The third-order valence-corrected chi connectivity index (χ3v) is 2.96. The lowest BCUT2D eigenvalue weighted by Crippen LogP contribution is -2.35. The van der Waals surface area contributed by atoms with Crippen LogP contribution in [0.15, 0.2) is 16.6 Å². The fraction of sp³-hybridized carbons (Fsp3) is 0.364. The number of carboxylic acid groups (broad SMARTS) is 1. The van der Waals surface area contributed by atoms with E-state index >= 15 is 0 Å². The lowest BCUT2D eigenvalue weighted by atomic mass is 10.1. The molecule has 0 aromatic heterocycles. The summed E-state index contributed by atoms with van der Waals surface area (Å²) in [4.78, 5) is 20.6. The summed E-state index contributed by atoms with van der Waals surface area (Å²) in [6.45, 7) is 0.151. The van der Waals surface area contributed by atoms with E-state index in [1.165, 1.54) is 13.0 Å². The third-order valence-electron chi connectivity index (χ3n) is 2.50.